The van der Waals surface area contributed by atoms with E-state index in [1.165, 1.54) is 36.9 Å². The van der Waals surface area contributed by atoms with E-state index in [0.717, 1.165) is 19.5 Å². The summed E-state index contributed by atoms with van der Waals surface area (Å²) in [6.07, 6.45) is 4.67. The molecular weight excluding hydrogens is 362 g/mol. The van der Waals surface area contributed by atoms with Gasteiger partial charge in [0.25, 0.3) is 0 Å². The number of benzene rings is 1. The topological polar surface area (TPSA) is 44.8 Å². The van der Waals surface area contributed by atoms with Crippen LogP contribution in [0.5, 0.6) is 0 Å². The number of nitrogens with zero attached hydrogens (tertiary/aromatic N) is 2. The minimum atomic E-state index is 0.0627. The largest absolute Gasteiger partial charge is 0.378 e. The summed E-state index contributed by atoms with van der Waals surface area (Å²) in [6, 6.07) is 9.00. The third-order valence-corrected chi connectivity index (χ3v) is 7.09. The molecule has 3 aliphatic rings. The van der Waals surface area contributed by atoms with Crippen LogP contribution in [0.4, 0.5) is 4.79 Å². The summed E-state index contributed by atoms with van der Waals surface area (Å²) in [5.74, 6) is 0. The zero-order chi connectivity index (χ0) is 20.5. The summed E-state index contributed by atoms with van der Waals surface area (Å²) in [4.78, 5) is 17.4. The molecule has 4 rings (SSSR count). The van der Waals surface area contributed by atoms with Crippen molar-refractivity contribution in [3.8, 4) is 0 Å². The fraction of sp³-hybridized carbons (Fsp3) is 0.708. The molecule has 1 N–H and O–H groups in total. The smallest absolute Gasteiger partial charge is 0.318 e. The summed E-state index contributed by atoms with van der Waals surface area (Å²) in [5, 5.41) is 3.35. The van der Waals surface area contributed by atoms with Crippen molar-refractivity contribution in [3.05, 3.63) is 35.4 Å². The lowest BCUT2D eigenvalue weighted by molar-refractivity contribution is 0.0521. The number of nitrogens with one attached hydrogen (secondary N) is 1. The van der Waals surface area contributed by atoms with Gasteiger partial charge in [-0.15, -0.1) is 0 Å². The number of hydrogen-bond donors (Lipinski definition) is 1. The Morgan fingerprint density at radius 3 is 2.52 bits per heavy atom. The molecule has 1 atom stereocenters. The number of rotatable bonds is 3. The van der Waals surface area contributed by atoms with Gasteiger partial charge in [-0.1, -0.05) is 45.0 Å². The number of ether oxygens (including phenoxy) is 1. The molecule has 2 fully saturated rings. The van der Waals surface area contributed by atoms with E-state index < -0.39 is 0 Å². The molecule has 2 aliphatic heterocycles. The molecule has 2 saturated heterocycles. The predicted molar refractivity (Wildman–Crippen MR) is 116 cm³/mol. The Labute approximate surface area is 175 Å². The van der Waals surface area contributed by atoms with Crippen LogP contribution in [0, 0.1) is 5.41 Å². The van der Waals surface area contributed by atoms with E-state index in [9.17, 15) is 4.79 Å². The number of hydrogen-bond acceptors (Lipinski definition) is 3. The Hall–Kier alpha value is -1.59. The van der Waals surface area contributed by atoms with Crippen LogP contribution in [0.2, 0.25) is 0 Å². The first-order valence-electron chi connectivity index (χ1n) is 11.3. The quantitative estimate of drug-likeness (QED) is 0.837. The highest BCUT2D eigenvalue weighted by atomic mass is 16.5. The van der Waals surface area contributed by atoms with Crippen molar-refractivity contribution in [1.29, 1.82) is 0 Å². The number of urea groups is 1. The molecule has 29 heavy (non-hydrogen) atoms. The van der Waals surface area contributed by atoms with Gasteiger partial charge in [-0.25, -0.2) is 4.79 Å². The number of fused-ring (bicyclic) bond motifs is 2. The van der Waals surface area contributed by atoms with Gasteiger partial charge in [-0.05, 0) is 61.9 Å². The molecule has 0 unspecified atom stereocenters. The average Bonchev–Trinajstić information content (AvgIpc) is 3.01. The Balaban J connectivity index is 1.42. The van der Waals surface area contributed by atoms with E-state index in [-0.39, 0.29) is 17.5 Å². The molecule has 5 nitrogen and oxygen atoms in total. The fourth-order valence-corrected chi connectivity index (χ4v) is 5.20. The van der Waals surface area contributed by atoms with Crippen molar-refractivity contribution in [2.75, 3.05) is 45.9 Å². The van der Waals surface area contributed by atoms with Crippen LogP contribution in [0.1, 0.15) is 63.6 Å². The summed E-state index contributed by atoms with van der Waals surface area (Å²) < 4.78 is 5.39. The van der Waals surface area contributed by atoms with Crippen LogP contribution in [-0.4, -0.2) is 61.8 Å². The standard InChI is InChI=1S/C24H37N3O2/c1-23(2,3)8-11-26-12-9-24(10-13-26)18-21(19-6-4-5-7-20(19)24)25-22(28)27-14-16-29-17-15-27/h4-7,21H,8-18H2,1-3H3,(H,25,28)/t21-/m0/s1. The van der Waals surface area contributed by atoms with Gasteiger partial charge < -0.3 is 19.9 Å². The monoisotopic (exact) mass is 399 g/mol. The molecule has 5 heteroatoms. The van der Waals surface area contributed by atoms with Gasteiger partial charge in [0.05, 0.1) is 19.3 Å². The van der Waals surface area contributed by atoms with Crippen LogP contribution in [0.3, 0.4) is 0 Å². The average molecular weight is 400 g/mol. The second-order valence-electron chi connectivity index (χ2n) is 10.3. The molecule has 0 bridgehead atoms. The van der Waals surface area contributed by atoms with Gasteiger partial charge in [-0.3, -0.25) is 0 Å². The Bertz CT molecular complexity index is 713. The van der Waals surface area contributed by atoms with Crippen molar-refractivity contribution >= 4 is 6.03 Å². The number of carbonyl (C=O) groups is 1. The number of carbonyl (C=O) groups excluding carboxylic acids is 1. The molecule has 2 heterocycles. The van der Waals surface area contributed by atoms with Gasteiger partial charge in [0.15, 0.2) is 0 Å². The molecule has 0 radical (unpaired) electrons. The molecule has 2 amide bonds. The minimum absolute atomic E-state index is 0.0627. The molecule has 1 spiro atoms. The lowest BCUT2D eigenvalue weighted by Crippen LogP contribution is -2.47. The number of likely N-dealkylation sites (tertiary alicyclic amines) is 1. The first kappa shape index (κ1) is 20.7. The zero-order valence-electron chi connectivity index (χ0n) is 18.4. The maximum absolute atomic E-state index is 12.8. The normalized spacial score (nSPS) is 24.5. The highest BCUT2D eigenvalue weighted by Crippen LogP contribution is 2.50. The predicted octanol–water partition coefficient (Wildman–Crippen LogP) is 3.94. The molecular formula is C24H37N3O2. The summed E-state index contributed by atoms with van der Waals surface area (Å²) in [6.45, 7) is 13.2. The molecule has 0 saturated carbocycles. The van der Waals surface area contributed by atoms with Gasteiger partial charge in [-0.2, -0.15) is 0 Å². The van der Waals surface area contributed by atoms with Crippen molar-refractivity contribution in [2.24, 2.45) is 5.41 Å². The highest BCUT2D eigenvalue weighted by Gasteiger charge is 2.45. The first-order chi connectivity index (χ1) is 13.9. The summed E-state index contributed by atoms with van der Waals surface area (Å²) in [5.41, 5.74) is 3.42. The maximum atomic E-state index is 12.8. The fourth-order valence-electron chi connectivity index (χ4n) is 5.20. The molecule has 160 valence electrons. The molecule has 1 aromatic carbocycles. The molecule has 0 aromatic heterocycles. The van der Waals surface area contributed by atoms with Crippen LogP contribution in [-0.2, 0) is 10.2 Å². The highest BCUT2D eigenvalue weighted by molar-refractivity contribution is 5.75. The van der Waals surface area contributed by atoms with Gasteiger partial charge >= 0.3 is 6.03 Å². The second-order valence-corrected chi connectivity index (χ2v) is 10.3. The first-order valence-corrected chi connectivity index (χ1v) is 11.3. The zero-order valence-corrected chi connectivity index (χ0v) is 18.4. The SMILES string of the molecule is CC(C)(C)CCN1CCC2(CC1)C[C@H](NC(=O)N1CCOCC1)c1ccccc12. The summed E-state index contributed by atoms with van der Waals surface area (Å²) in [7, 11) is 0. The maximum Gasteiger partial charge on any atom is 0.318 e. The van der Waals surface area contributed by atoms with E-state index in [4.69, 9.17) is 4.74 Å². The Morgan fingerprint density at radius 1 is 1.14 bits per heavy atom. The summed E-state index contributed by atoms with van der Waals surface area (Å²) >= 11 is 0. The van der Waals surface area contributed by atoms with E-state index in [0.29, 0.717) is 31.7 Å². The van der Waals surface area contributed by atoms with E-state index >= 15 is 0 Å². The van der Waals surface area contributed by atoms with Gasteiger partial charge in [0.2, 0.25) is 0 Å². The van der Waals surface area contributed by atoms with Gasteiger partial charge in [0.1, 0.15) is 0 Å². The molecule has 1 aliphatic carbocycles. The number of amides is 2. The minimum Gasteiger partial charge on any atom is -0.378 e. The lowest BCUT2D eigenvalue weighted by Gasteiger charge is -2.41. The van der Waals surface area contributed by atoms with Crippen LogP contribution in [0.25, 0.3) is 0 Å². The van der Waals surface area contributed by atoms with Crippen LogP contribution < -0.4 is 5.32 Å². The Kier molecular flexibility index (Phi) is 5.90. The number of piperidine rings is 1. The van der Waals surface area contributed by atoms with E-state index in [2.05, 4.69) is 55.3 Å². The Morgan fingerprint density at radius 2 is 1.83 bits per heavy atom. The second kappa shape index (κ2) is 8.27. The van der Waals surface area contributed by atoms with Crippen LogP contribution in [0.15, 0.2) is 24.3 Å². The van der Waals surface area contributed by atoms with Crippen molar-refractivity contribution < 1.29 is 9.53 Å². The van der Waals surface area contributed by atoms with Crippen molar-refractivity contribution in [3.63, 3.8) is 0 Å². The van der Waals surface area contributed by atoms with Crippen LogP contribution >= 0.6 is 0 Å². The lowest BCUT2D eigenvalue weighted by atomic mass is 9.73. The third kappa shape index (κ3) is 4.61. The third-order valence-electron chi connectivity index (χ3n) is 7.09. The van der Waals surface area contributed by atoms with Gasteiger partial charge in [0, 0.05) is 18.5 Å². The van der Waals surface area contributed by atoms with E-state index in [1.54, 1.807) is 0 Å². The number of morpholine rings is 1. The van der Waals surface area contributed by atoms with Crippen molar-refractivity contribution in [2.45, 2.75) is 57.9 Å². The molecule has 1 aromatic rings. The van der Waals surface area contributed by atoms with Crippen molar-refractivity contribution in [1.82, 2.24) is 15.1 Å². The van der Waals surface area contributed by atoms with E-state index in [1.807, 2.05) is 4.90 Å².